The number of fused-ring (bicyclic) bond motifs is 12. The summed E-state index contributed by atoms with van der Waals surface area (Å²) in [5, 5.41) is 11.5. The second-order valence-electron chi connectivity index (χ2n) is 18.3. The van der Waals surface area contributed by atoms with E-state index in [0.29, 0.717) is 17.5 Å². The van der Waals surface area contributed by atoms with Crippen LogP contribution in [0.4, 0.5) is 0 Å². The van der Waals surface area contributed by atoms with Gasteiger partial charge in [0.1, 0.15) is 11.2 Å². The summed E-state index contributed by atoms with van der Waals surface area (Å²) in [5.41, 5.74) is 13.0. The van der Waals surface area contributed by atoms with Gasteiger partial charge in [-0.25, -0.2) is 15.0 Å². The molecule has 0 radical (unpaired) electrons. The Morgan fingerprint density at radius 1 is 0.282 bits per heavy atom. The van der Waals surface area contributed by atoms with Crippen molar-refractivity contribution in [2.75, 3.05) is 0 Å². The van der Waals surface area contributed by atoms with Crippen LogP contribution in [0.25, 0.3) is 144 Å². The van der Waals surface area contributed by atoms with Crippen LogP contribution in [0.5, 0.6) is 0 Å². The average Bonchev–Trinajstić information content (AvgIpc) is 4.10. The third-order valence-electron chi connectivity index (χ3n) is 14.3. The fraction of sp³-hybridized carbons (Fsp3) is 0. The molecule has 0 bridgehead atoms. The van der Waals surface area contributed by atoms with Crippen molar-refractivity contribution in [2.24, 2.45) is 0 Å². The lowest BCUT2D eigenvalue weighted by atomic mass is 9.93. The van der Waals surface area contributed by atoms with Gasteiger partial charge < -0.3 is 13.6 Å². The lowest BCUT2D eigenvalue weighted by Gasteiger charge is -2.16. The molecule has 0 amide bonds. The van der Waals surface area contributed by atoms with Crippen molar-refractivity contribution in [3.05, 3.63) is 237 Å². The second kappa shape index (κ2) is 15.4. The molecule has 0 fully saturated rings. The number of para-hydroxylation sites is 3. The van der Waals surface area contributed by atoms with Crippen molar-refractivity contribution >= 4 is 87.1 Å². The standard InChI is InChI=1S/C65H39N5O/c1-3-17-41(18-4-1)63-66-64(44-30-34-57-53(37-44)48-24-11-13-27-55(48)69(57)45-21-5-2-6-22-45)68-65(67-63)51-33-32-46(70-56-28-14-12-25-49(56)54-36-42-19-7-8-20-43(42)38-58(54)70)39-52(51)50-26-15-29-59-62(50)61-47-23-10-9-16-40(47)31-35-60(61)71-59/h1-39H. The summed E-state index contributed by atoms with van der Waals surface area (Å²) in [4.78, 5) is 16.1. The maximum absolute atomic E-state index is 6.73. The van der Waals surface area contributed by atoms with E-state index in [4.69, 9.17) is 19.4 Å². The molecule has 6 heteroatoms. The lowest BCUT2D eigenvalue weighted by molar-refractivity contribution is 0.669. The molecule has 0 unspecified atom stereocenters. The molecular formula is C65H39N5O. The molecule has 0 saturated carbocycles. The Kier molecular flexibility index (Phi) is 8.56. The summed E-state index contributed by atoms with van der Waals surface area (Å²) in [6, 6.07) is 83.9. The van der Waals surface area contributed by atoms with Gasteiger partial charge >= 0.3 is 0 Å². The van der Waals surface area contributed by atoms with Gasteiger partial charge in [-0.2, -0.15) is 0 Å². The van der Waals surface area contributed by atoms with Crippen molar-refractivity contribution in [1.82, 2.24) is 24.1 Å². The van der Waals surface area contributed by atoms with Gasteiger partial charge in [0.2, 0.25) is 0 Å². The van der Waals surface area contributed by atoms with Crippen LogP contribution < -0.4 is 0 Å². The molecule has 0 saturated heterocycles. The monoisotopic (exact) mass is 905 g/mol. The number of nitrogens with zero attached hydrogens (tertiary/aromatic N) is 5. The molecule has 0 aliphatic carbocycles. The molecule has 0 aliphatic heterocycles. The zero-order valence-electron chi connectivity index (χ0n) is 38.2. The van der Waals surface area contributed by atoms with E-state index in [1.54, 1.807) is 0 Å². The minimum Gasteiger partial charge on any atom is -0.456 e. The first-order chi connectivity index (χ1) is 35.2. The normalized spacial score (nSPS) is 11.9. The minimum atomic E-state index is 0.574. The van der Waals surface area contributed by atoms with E-state index in [1.165, 1.54) is 21.5 Å². The van der Waals surface area contributed by atoms with Gasteiger partial charge in [0.15, 0.2) is 17.5 Å². The highest BCUT2D eigenvalue weighted by atomic mass is 16.3. The van der Waals surface area contributed by atoms with Crippen molar-refractivity contribution < 1.29 is 4.42 Å². The van der Waals surface area contributed by atoms with Crippen molar-refractivity contribution in [2.45, 2.75) is 0 Å². The van der Waals surface area contributed by atoms with Crippen molar-refractivity contribution in [3.8, 4) is 56.7 Å². The zero-order valence-corrected chi connectivity index (χ0v) is 38.2. The van der Waals surface area contributed by atoms with Gasteiger partial charge in [0, 0.05) is 60.4 Å². The van der Waals surface area contributed by atoms with Crippen LogP contribution in [-0.4, -0.2) is 24.1 Å². The topological polar surface area (TPSA) is 61.7 Å². The van der Waals surface area contributed by atoms with E-state index in [2.05, 4.69) is 228 Å². The second-order valence-corrected chi connectivity index (χ2v) is 18.3. The third kappa shape index (κ3) is 6.11. The van der Waals surface area contributed by atoms with Crippen molar-refractivity contribution in [1.29, 1.82) is 0 Å². The molecule has 11 aromatic carbocycles. The van der Waals surface area contributed by atoms with Gasteiger partial charge in [-0.3, -0.25) is 0 Å². The maximum Gasteiger partial charge on any atom is 0.164 e. The van der Waals surface area contributed by atoms with Gasteiger partial charge in [-0.05, 0) is 118 Å². The van der Waals surface area contributed by atoms with Crippen molar-refractivity contribution in [3.63, 3.8) is 0 Å². The molecule has 4 heterocycles. The van der Waals surface area contributed by atoms with Gasteiger partial charge in [-0.1, -0.05) is 152 Å². The van der Waals surface area contributed by atoms with E-state index >= 15 is 0 Å². The number of aromatic nitrogens is 5. The van der Waals surface area contributed by atoms with Crippen LogP contribution >= 0.6 is 0 Å². The van der Waals surface area contributed by atoms with Gasteiger partial charge in [0.05, 0.1) is 22.1 Å². The summed E-state index contributed by atoms with van der Waals surface area (Å²) < 4.78 is 11.5. The summed E-state index contributed by atoms with van der Waals surface area (Å²) in [6.45, 7) is 0. The average molecular weight is 906 g/mol. The fourth-order valence-electron chi connectivity index (χ4n) is 11.1. The number of furan rings is 1. The van der Waals surface area contributed by atoms with Crippen LogP contribution in [0, 0.1) is 0 Å². The molecule has 4 aromatic heterocycles. The van der Waals surface area contributed by atoms with E-state index in [9.17, 15) is 0 Å². The summed E-state index contributed by atoms with van der Waals surface area (Å²) >= 11 is 0. The molecule has 0 N–H and O–H groups in total. The minimum absolute atomic E-state index is 0.574. The Hall–Kier alpha value is -9.65. The molecule has 15 rings (SSSR count). The Bertz CT molecular complexity index is 4640. The Morgan fingerprint density at radius 2 is 0.873 bits per heavy atom. The summed E-state index contributed by atoms with van der Waals surface area (Å²) in [7, 11) is 0. The number of hydrogen-bond donors (Lipinski definition) is 0. The largest absolute Gasteiger partial charge is 0.456 e. The Labute approximate surface area is 407 Å². The quantitative estimate of drug-likeness (QED) is 0.167. The van der Waals surface area contributed by atoms with E-state index in [-0.39, 0.29) is 0 Å². The van der Waals surface area contributed by atoms with Crippen LogP contribution in [0.2, 0.25) is 0 Å². The summed E-state index contributed by atoms with van der Waals surface area (Å²) in [6.07, 6.45) is 0. The highest BCUT2D eigenvalue weighted by molar-refractivity contribution is 6.23. The van der Waals surface area contributed by atoms with Gasteiger partial charge in [-0.15, -0.1) is 0 Å². The first-order valence-electron chi connectivity index (χ1n) is 24.0. The summed E-state index contributed by atoms with van der Waals surface area (Å²) in [5.74, 6) is 1.76. The predicted molar refractivity (Wildman–Crippen MR) is 293 cm³/mol. The number of benzene rings is 11. The smallest absolute Gasteiger partial charge is 0.164 e. The first kappa shape index (κ1) is 39.4. The fourth-order valence-corrected chi connectivity index (χ4v) is 11.1. The van der Waals surface area contributed by atoms with Crippen LogP contribution in [-0.2, 0) is 0 Å². The molecule has 15 aromatic rings. The SMILES string of the molecule is c1ccc(-c2nc(-c3ccc4c(c3)c3ccccc3n4-c3ccccc3)nc(-c3ccc(-n4c5ccccc5c5cc6ccccc6cc54)cc3-c3cccc4oc5ccc6ccccc6c5c34)n2)cc1. The van der Waals surface area contributed by atoms with Crippen LogP contribution in [0.3, 0.4) is 0 Å². The van der Waals surface area contributed by atoms with E-state index < -0.39 is 0 Å². The van der Waals surface area contributed by atoms with Crippen LogP contribution in [0.1, 0.15) is 0 Å². The molecule has 0 atom stereocenters. The predicted octanol–water partition coefficient (Wildman–Crippen LogP) is 16.9. The number of hydrogen-bond acceptors (Lipinski definition) is 4. The molecule has 0 spiro atoms. The van der Waals surface area contributed by atoms with Gasteiger partial charge in [0.25, 0.3) is 0 Å². The molecule has 6 nitrogen and oxygen atoms in total. The Morgan fingerprint density at radius 3 is 1.65 bits per heavy atom. The lowest BCUT2D eigenvalue weighted by Crippen LogP contribution is -2.02. The maximum atomic E-state index is 6.73. The molecular weight excluding hydrogens is 867 g/mol. The van der Waals surface area contributed by atoms with E-state index in [1.807, 2.05) is 18.2 Å². The Balaban J connectivity index is 1.02. The molecule has 0 aliphatic rings. The van der Waals surface area contributed by atoms with E-state index in [0.717, 1.165) is 105 Å². The first-order valence-corrected chi connectivity index (χ1v) is 24.0. The molecule has 330 valence electrons. The van der Waals surface area contributed by atoms with Crippen LogP contribution in [0.15, 0.2) is 241 Å². The zero-order chi connectivity index (χ0) is 46.6. The third-order valence-corrected chi connectivity index (χ3v) is 14.3. The highest BCUT2D eigenvalue weighted by Crippen LogP contribution is 2.45. The highest BCUT2D eigenvalue weighted by Gasteiger charge is 2.23. The number of rotatable bonds is 6. The molecule has 71 heavy (non-hydrogen) atoms.